The van der Waals surface area contributed by atoms with Crippen LogP contribution < -0.4 is 10.5 Å². The molecule has 0 fully saturated rings. The highest BCUT2D eigenvalue weighted by molar-refractivity contribution is 7.85. The van der Waals surface area contributed by atoms with Gasteiger partial charge in [-0.15, -0.1) is 0 Å². The van der Waals surface area contributed by atoms with Crippen LogP contribution in [0.4, 0.5) is 5.69 Å². The quantitative estimate of drug-likeness (QED) is 0.779. The van der Waals surface area contributed by atoms with E-state index in [4.69, 9.17) is 10.5 Å². The summed E-state index contributed by atoms with van der Waals surface area (Å²) in [4.78, 5) is 0.705. The van der Waals surface area contributed by atoms with E-state index in [-0.39, 0.29) is 5.25 Å². The molecule has 1 unspecified atom stereocenters. The third kappa shape index (κ3) is 2.26. The molecule has 1 aromatic carbocycles. The van der Waals surface area contributed by atoms with Crippen LogP contribution in [0.25, 0.3) is 0 Å². The molecule has 0 amide bonds. The molecule has 0 radical (unpaired) electrons. The lowest BCUT2D eigenvalue weighted by Crippen LogP contribution is -2.07. The lowest BCUT2D eigenvalue weighted by atomic mass is 10.3. The van der Waals surface area contributed by atoms with Crippen molar-refractivity contribution in [2.45, 2.75) is 24.0 Å². The van der Waals surface area contributed by atoms with Gasteiger partial charge in [0.1, 0.15) is 5.75 Å². The Kier molecular flexibility index (Phi) is 3.52. The Morgan fingerprint density at radius 1 is 1.43 bits per heavy atom. The fraction of sp³-hybridized carbons (Fsp3) is 0.400. The van der Waals surface area contributed by atoms with E-state index < -0.39 is 10.8 Å². The first-order valence-electron chi connectivity index (χ1n) is 4.40. The second kappa shape index (κ2) is 4.46. The maximum absolute atomic E-state index is 11.8. The fourth-order valence-electron chi connectivity index (χ4n) is 1.10. The van der Waals surface area contributed by atoms with E-state index in [1.54, 1.807) is 25.3 Å². The lowest BCUT2D eigenvalue weighted by molar-refractivity contribution is 0.404. The smallest absolute Gasteiger partial charge is 0.137 e. The van der Waals surface area contributed by atoms with E-state index in [1.165, 1.54) is 0 Å². The van der Waals surface area contributed by atoms with Gasteiger partial charge in [-0.25, -0.2) is 0 Å². The summed E-state index contributed by atoms with van der Waals surface area (Å²) in [6.07, 6.45) is 0. The molecule has 0 aliphatic heterocycles. The molecule has 0 spiro atoms. The number of methoxy groups -OCH3 is 1. The van der Waals surface area contributed by atoms with Crippen molar-refractivity contribution in [3.63, 3.8) is 0 Å². The summed E-state index contributed by atoms with van der Waals surface area (Å²) in [5.41, 5.74) is 6.22. The van der Waals surface area contributed by atoms with Crippen LogP contribution in [0.1, 0.15) is 13.8 Å². The van der Waals surface area contributed by atoms with Crippen LogP contribution >= 0.6 is 0 Å². The van der Waals surface area contributed by atoms with Crippen LogP contribution in [0.3, 0.4) is 0 Å². The fourth-order valence-corrected chi connectivity index (χ4v) is 2.15. The van der Waals surface area contributed by atoms with Crippen LogP contribution in [0.5, 0.6) is 5.75 Å². The zero-order chi connectivity index (χ0) is 10.7. The number of hydrogen-bond donors (Lipinski definition) is 1. The molecule has 0 aromatic heterocycles. The monoisotopic (exact) mass is 213 g/mol. The van der Waals surface area contributed by atoms with E-state index in [0.717, 1.165) is 0 Å². The number of anilines is 1. The van der Waals surface area contributed by atoms with Crippen molar-refractivity contribution < 1.29 is 8.95 Å². The van der Waals surface area contributed by atoms with Crippen molar-refractivity contribution in [3.05, 3.63) is 18.2 Å². The Bertz CT molecular complexity index is 350. The van der Waals surface area contributed by atoms with Crippen molar-refractivity contribution >= 4 is 16.5 Å². The average molecular weight is 213 g/mol. The van der Waals surface area contributed by atoms with Crippen molar-refractivity contribution in [3.8, 4) is 5.75 Å². The van der Waals surface area contributed by atoms with Crippen LogP contribution in [0.2, 0.25) is 0 Å². The molecule has 0 saturated carbocycles. The van der Waals surface area contributed by atoms with Gasteiger partial charge in [0.25, 0.3) is 0 Å². The Morgan fingerprint density at radius 3 is 2.57 bits per heavy atom. The first kappa shape index (κ1) is 11.0. The summed E-state index contributed by atoms with van der Waals surface area (Å²) < 4.78 is 17.0. The molecule has 0 bridgehead atoms. The molecule has 0 saturated heterocycles. The van der Waals surface area contributed by atoms with Crippen LogP contribution in [0, 0.1) is 0 Å². The summed E-state index contributed by atoms with van der Waals surface area (Å²) in [5, 5.41) is 0.0764. The molecule has 0 aliphatic carbocycles. The van der Waals surface area contributed by atoms with Gasteiger partial charge in [0.15, 0.2) is 0 Å². The van der Waals surface area contributed by atoms with Gasteiger partial charge in [0.2, 0.25) is 0 Å². The van der Waals surface area contributed by atoms with Gasteiger partial charge in [-0.2, -0.15) is 0 Å². The molecule has 1 atom stereocenters. The number of rotatable bonds is 3. The average Bonchev–Trinajstić information content (AvgIpc) is 2.16. The highest BCUT2D eigenvalue weighted by atomic mass is 32.2. The molecule has 2 N–H and O–H groups in total. The first-order chi connectivity index (χ1) is 6.56. The molecular formula is C10H15NO2S. The predicted molar refractivity (Wildman–Crippen MR) is 59.0 cm³/mol. The van der Waals surface area contributed by atoms with Gasteiger partial charge >= 0.3 is 0 Å². The zero-order valence-electron chi connectivity index (χ0n) is 8.61. The SMILES string of the molecule is COc1cc(N)ccc1S(=O)C(C)C. The third-order valence-electron chi connectivity index (χ3n) is 1.83. The zero-order valence-corrected chi connectivity index (χ0v) is 9.43. The second-order valence-corrected chi connectivity index (χ2v) is 5.23. The van der Waals surface area contributed by atoms with Crippen LogP contribution in [-0.4, -0.2) is 16.6 Å². The molecule has 1 aromatic rings. The largest absolute Gasteiger partial charge is 0.495 e. The Labute approximate surface area is 86.7 Å². The summed E-state index contributed by atoms with van der Waals surface area (Å²) in [6.45, 7) is 3.82. The molecule has 3 nitrogen and oxygen atoms in total. The van der Waals surface area contributed by atoms with Gasteiger partial charge in [-0.1, -0.05) is 13.8 Å². The topological polar surface area (TPSA) is 52.3 Å². The van der Waals surface area contributed by atoms with Gasteiger partial charge in [0.05, 0.1) is 22.8 Å². The Morgan fingerprint density at radius 2 is 2.07 bits per heavy atom. The van der Waals surface area contributed by atoms with Gasteiger partial charge in [-0.05, 0) is 12.1 Å². The lowest BCUT2D eigenvalue weighted by Gasteiger charge is -2.10. The first-order valence-corrected chi connectivity index (χ1v) is 5.61. The summed E-state index contributed by atoms with van der Waals surface area (Å²) >= 11 is 0. The molecule has 0 heterocycles. The molecule has 14 heavy (non-hydrogen) atoms. The maximum atomic E-state index is 11.8. The molecular weight excluding hydrogens is 198 g/mol. The van der Waals surface area contributed by atoms with Gasteiger partial charge in [-0.3, -0.25) is 4.21 Å². The molecule has 4 heteroatoms. The van der Waals surface area contributed by atoms with Crippen molar-refractivity contribution in [2.24, 2.45) is 0 Å². The second-order valence-electron chi connectivity index (χ2n) is 3.26. The Balaban J connectivity index is 3.14. The number of nitrogen functional groups attached to an aromatic ring is 1. The van der Waals surface area contributed by atoms with E-state index >= 15 is 0 Å². The minimum Gasteiger partial charge on any atom is -0.495 e. The van der Waals surface area contributed by atoms with Crippen molar-refractivity contribution in [1.29, 1.82) is 0 Å². The number of hydrogen-bond acceptors (Lipinski definition) is 3. The third-order valence-corrected chi connectivity index (χ3v) is 3.46. The van der Waals surface area contributed by atoms with E-state index in [0.29, 0.717) is 16.3 Å². The minimum atomic E-state index is -1.04. The van der Waals surface area contributed by atoms with Crippen molar-refractivity contribution in [1.82, 2.24) is 0 Å². The molecule has 78 valence electrons. The summed E-state index contributed by atoms with van der Waals surface area (Å²) in [7, 11) is 0.516. The number of ether oxygens (including phenoxy) is 1. The molecule has 1 rings (SSSR count). The predicted octanol–water partition coefficient (Wildman–Crippen LogP) is 1.79. The number of nitrogens with two attached hydrogens (primary N) is 1. The summed E-state index contributed by atoms with van der Waals surface area (Å²) in [5.74, 6) is 0.594. The van der Waals surface area contributed by atoms with Gasteiger partial charge in [0, 0.05) is 17.0 Å². The maximum Gasteiger partial charge on any atom is 0.137 e. The van der Waals surface area contributed by atoms with E-state index in [2.05, 4.69) is 0 Å². The van der Waals surface area contributed by atoms with Gasteiger partial charge < -0.3 is 10.5 Å². The highest BCUT2D eigenvalue weighted by Gasteiger charge is 2.13. The standard InChI is InChI=1S/C10H15NO2S/c1-7(2)14(12)10-5-4-8(11)6-9(10)13-3/h4-7H,11H2,1-3H3. The van der Waals surface area contributed by atoms with Crippen LogP contribution in [0.15, 0.2) is 23.1 Å². The molecule has 0 aliphatic rings. The Hall–Kier alpha value is -1.03. The van der Waals surface area contributed by atoms with E-state index in [1.807, 2.05) is 13.8 Å². The van der Waals surface area contributed by atoms with Crippen LogP contribution in [-0.2, 0) is 10.8 Å². The normalized spacial score (nSPS) is 12.9. The van der Waals surface area contributed by atoms with E-state index in [9.17, 15) is 4.21 Å². The summed E-state index contributed by atoms with van der Waals surface area (Å²) in [6, 6.07) is 5.18. The number of benzene rings is 1. The van der Waals surface area contributed by atoms with Crippen molar-refractivity contribution in [2.75, 3.05) is 12.8 Å². The minimum absolute atomic E-state index is 0.0764. The highest BCUT2D eigenvalue weighted by Crippen LogP contribution is 2.26.